The molecule has 2 saturated carbocycles. The van der Waals surface area contributed by atoms with Gasteiger partial charge in [-0.15, -0.1) is 0 Å². The van der Waals surface area contributed by atoms with E-state index in [0.717, 1.165) is 44.9 Å². The van der Waals surface area contributed by atoms with Gasteiger partial charge in [0, 0.05) is 12.6 Å². The van der Waals surface area contributed by atoms with Crippen LogP contribution in [0.4, 0.5) is 0 Å². The first kappa shape index (κ1) is 14.3. The van der Waals surface area contributed by atoms with Crippen LogP contribution in [0.3, 0.4) is 0 Å². The number of amides is 1. The molecule has 2 aliphatic carbocycles. The fourth-order valence-corrected chi connectivity index (χ4v) is 3.50. The second-order valence-electron chi connectivity index (χ2n) is 6.00. The zero-order chi connectivity index (χ0) is 13.9. The van der Waals surface area contributed by atoms with Crippen molar-refractivity contribution in [3.63, 3.8) is 0 Å². The van der Waals surface area contributed by atoms with Crippen LogP contribution >= 0.6 is 0 Å². The molecule has 2 atom stereocenters. The van der Waals surface area contributed by atoms with E-state index in [1.54, 1.807) is 0 Å². The molecule has 0 heterocycles. The van der Waals surface area contributed by atoms with Gasteiger partial charge in [0.15, 0.2) is 0 Å². The summed E-state index contributed by atoms with van der Waals surface area (Å²) in [5.74, 6) is -1.25. The van der Waals surface area contributed by atoms with Crippen LogP contribution in [0.15, 0.2) is 0 Å². The lowest BCUT2D eigenvalue weighted by Gasteiger charge is -2.33. The maximum Gasteiger partial charge on any atom is 0.308 e. The number of carboxylic acid groups (broad SMARTS) is 1. The molecule has 0 bridgehead atoms. The number of hydrogen-bond donors (Lipinski definition) is 3. The van der Waals surface area contributed by atoms with Crippen LogP contribution in [0.1, 0.15) is 51.4 Å². The van der Waals surface area contributed by atoms with Crippen LogP contribution in [0.2, 0.25) is 0 Å². The first-order valence-electron chi connectivity index (χ1n) is 7.33. The SMILES string of the molecule is NCC1(C(=O)NC2CCCCC2C(=O)O)CCCC1. The van der Waals surface area contributed by atoms with Crippen molar-refractivity contribution < 1.29 is 14.7 Å². The quantitative estimate of drug-likeness (QED) is 0.715. The van der Waals surface area contributed by atoms with Gasteiger partial charge in [-0.05, 0) is 25.7 Å². The maximum atomic E-state index is 12.5. The van der Waals surface area contributed by atoms with E-state index >= 15 is 0 Å². The highest BCUT2D eigenvalue weighted by atomic mass is 16.4. The van der Waals surface area contributed by atoms with E-state index in [1.165, 1.54) is 0 Å². The number of aliphatic carboxylic acids is 1. The summed E-state index contributed by atoms with van der Waals surface area (Å²) < 4.78 is 0. The van der Waals surface area contributed by atoms with Crippen LogP contribution in [-0.2, 0) is 9.59 Å². The molecule has 19 heavy (non-hydrogen) atoms. The largest absolute Gasteiger partial charge is 0.481 e. The van der Waals surface area contributed by atoms with Gasteiger partial charge in [-0.2, -0.15) is 0 Å². The fourth-order valence-electron chi connectivity index (χ4n) is 3.50. The molecule has 0 aliphatic heterocycles. The first-order valence-corrected chi connectivity index (χ1v) is 7.33. The minimum atomic E-state index is -0.793. The lowest BCUT2D eigenvalue weighted by molar-refractivity contribution is -0.144. The van der Waals surface area contributed by atoms with Crippen molar-refractivity contribution in [1.29, 1.82) is 0 Å². The minimum absolute atomic E-state index is 0.0225. The predicted molar refractivity (Wildman–Crippen MR) is 71.5 cm³/mol. The third kappa shape index (κ3) is 2.91. The summed E-state index contributed by atoms with van der Waals surface area (Å²) in [4.78, 5) is 23.7. The van der Waals surface area contributed by atoms with Gasteiger partial charge in [-0.3, -0.25) is 9.59 Å². The number of nitrogens with one attached hydrogen (secondary N) is 1. The van der Waals surface area contributed by atoms with Crippen molar-refractivity contribution in [2.75, 3.05) is 6.54 Å². The maximum absolute atomic E-state index is 12.5. The Balaban J connectivity index is 2.02. The molecule has 5 nitrogen and oxygen atoms in total. The highest BCUT2D eigenvalue weighted by Crippen LogP contribution is 2.38. The van der Waals surface area contributed by atoms with Crippen LogP contribution in [0, 0.1) is 11.3 Å². The summed E-state index contributed by atoms with van der Waals surface area (Å²) in [6, 6.07) is -0.220. The van der Waals surface area contributed by atoms with Crippen molar-refractivity contribution in [1.82, 2.24) is 5.32 Å². The monoisotopic (exact) mass is 268 g/mol. The van der Waals surface area contributed by atoms with Crippen LogP contribution in [0.5, 0.6) is 0 Å². The van der Waals surface area contributed by atoms with Gasteiger partial charge in [0.2, 0.25) is 5.91 Å². The molecule has 0 saturated heterocycles. The molecule has 4 N–H and O–H groups in total. The molecule has 2 rings (SSSR count). The van der Waals surface area contributed by atoms with E-state index in [4.69, 9.17) is 5.73 Å². The van der Waals surface area contributed by atoms with Crippen LogP contribution in [0.25, 0.3) is 0 Å². The molecule has 108 valence electrons. The van der Waals surface area contributed by atoms with Crippen molar-refractivity contribution >= 4 is 11.9 Å². The highest BCUT2D eigenvalue weighted by molar-refractivity contribution is 5.84. The normalized spacial score (nSPS) is 29.9. The Hall–Kier alpha value is -1.10. The Morgan fingerprint density at radius 1 is 1.16 bits per heavy atom. The summed E-state index contributed by atoms with van der Waals surface area (Å²) in [5, 5.41) is 12.2. The van der Waals surface area contributed by atoms with Gasteiger partial charge in [0.25, 0.3) is 0 Å². The minimum Gasteiger partial charge on any atom is -0.481 e. The number of carbonyl (C=O) groups excluding carboxylic acids is 1. The molecular weight excluding hydrogens is 244 g/mol. The Morgan fingerprint density at radius 2 is 1.79 bits per heavy atom. The molecule has 2 aliphatic rings. The summed E-state index contributed by atoms with van der Waals surface area (Å²) in [7, 11) is 0. The Bertz CT molecular complexity index is 351. The summed E-state index contributed by atoms with van der Waals surface area (Å²) in [6.07, 6.45) is 7.10. The Labute approximate surface area is 113 Å². The standard InChI is InChI=1S/C14H24N2O3/c15-9-14(7-3-4-8-14)13(19)16-11-6-2-1-5-10(11)12(17)18/h10-11H,1-9,15H2,(H,16,19)(H,17,18). The molecule has 0 aromatic rings. The average molecular weight is 268 g/mol. The lowest BCUT2D eigenvalue weighted by atomic mass is 9.81. The van der Waals surface area contributed by atoms with Gasteiger partial charge in [0.05, 0.1) is 11.3 Å². The summed E-state index contributed by atoms with van der Waals surface area (Å²) >= 11 is 0. The highest BCUT2D eigenvalue weighted by Gasteiger charge is 2.42. The fraction of sp³-hybridized carbons (Fsp3) is 0.857. The van der Waals surface area contributed by atoms with E-state index in [-0.39, 0.29) is 11.9 Å². The van der Waals surface area contributed by atoms with E-state index in [2.05, 4.69) is 5.32 Å². The zero-order valence-corrected chi connectivity index (χ0v) is 11.4. The van der Waals surface area contributed by atoms with Gasteiger partial charge in [0.1, 0.15) is 0 Å². The van der Waals surface area contributed by atoms with E-state index < -0.39 is 17.3 Å². The van der Waals surface area contributed by atoms with E-state index in [0.29, 0.717) is 13.0 Å². The molecule has 2 unspecified atom stereocenters. The van der Waals surface area contributed by atoms with Crippen molar-refractivity contribution in [2.24, 2.45) is 17.1 Å². The van der Waals surface area contributed by atoms with Crippen molar-refractivity contribution in [3.05, 3.63) is 0 Å². The van der Waals surface area contributed by atoms with Crippen molar-refractivity contribution in [2.45, 2.75) is 57.4 Å². The zero-order valence-electron chi connectivity index (χ0n) is 11.4. The van der Waals surface area contributed by atoms with E-state index in [9.17, 15) is 14.7 Å². The third-order valence-corrected chi connectivity index (χ3v) is 4.83. The second-order valence-corrected chi connectivity index (χ2v) is 6.00. The molecule has 0 spiro atoms. The van der Waals surface area contributed by atoms with Gasteiger partial charge >= 0.3 is 5.97 Å². The second kappa shape index (κ2) is 5.90. The molecule has 5 heteroatoms. The predicted octanol–water partition coefficient (Wildman–Crippen LogP) is 1.27. The van der Waals surface area contributed by atoms with Gasteiger partial charge in [-0.1, -0.05) is 25.7 Å². The number of nitrogens with two attached hydrogens (primary N) is 1. The van der Waals surface area contributed by atoms with Gasteiger partial charge < -0.3 is 16.2 Å². The Morgan fingerprint density at radius 3 is 2.37 bits per heavy atom. The molecule has 1 amide bonds. The number of carboxylic acids is 1. The first-order chi connectivity index (χ1) is 9.09. The summed E-state index contributed by atoms with van der Waals surface area (Å²) in [5.41, 5.74) is 5.35. The van der Waals surface area contributed by atoms with Crippen LogP contribution < -0.4 is 11.1 Å². The van der Waals surface area contributed by atoms with Gasteiger partial charge in [-0.25, -0.2) is 0 Å². The topological polar surface area (TPSA) is 92.4 Å². The molecule has 2 fully saturated rings. The number of hydrogen-bond acceptors (Lipinski definition) is 3. The third-order valence-electron chi connectivity index (χ3n) is 4.83. The average Bonchev–Trinajstić information content (AvgIpc) is 2.89. The lowest BCUT2D eigenvalue weighted by Crippen LogP contribution is -2.52. The molecular formula is C14H24N2O3. The molecule has 0 aromatic carbocycles. The summed E-state index contributed by atoms with van der Waals surface area (Å²) in [6.45, 7) is 0.364. The van der Waals surface area contributed by atoms with Crippen molar-refractivity contribution in [3.8, 4) is 0 Å². The molecule has 0 radical (unpaired) electrons. The number of rotatable bonds is 4. The Kier molecular flexibility index (Phi) is 4.45. The molecule has 0 aromatic heterocycles. The van der Waals surface area contributed by atoms with E-state index in [1.807, 2.05) is 0 Å². The van der Waals surface area contributed by atoms with Crippen LogP contribution in [-0.4, -0.2) is 29.6 Å². The smallest absolute Gasteiger partial charge is 0.308 e. The number of carbonyl (C=O) groups is 2.